The molecule has 1 aliphatic heterocycles. The number of carbonyl (C=O) groups is 1. The Morgan fingerprint density at radius 1 is 1.09 bits per heavy atom. The van der Waals surface area contributed by atoms with Gasteiger partial charge in [-0.15, -0.1) is 0 Å². The van der Waals surface area contributed by atoms with Gasteiger partial charge in [-0.1, -0.05) is 12.1 Å². The Kier molecular flexibility index (Phi) is 7.11. The molecule has 0 aromatic heterocycles. The zero-order chi connectivity index (χ0) is 23.5. The van der Waals surface area contributed by atoms with Gasteiger partial charge in [0.1, 0.15) is 5.75 Å². The van der Waals surface area contributed by atoms with E-state index in [2.05, 4.69) is 5.32 Å². The summed E-state index contributed by atoms with van der Waals surface area (Å²) in [7, 11) is -3.76. The largest absolute Gasteiger partial charge is 0.482 e. The number of anilines is 1. The lowest BCUT2D eigenvalue weighted by Crippen LogP contribution is -2.48. The molecule has 1 N–H and O–H groups in total. The van der Waals surface area contributed by atoms with Crippen LogP contribution < -0.4 is 10.1 Å². The average Bonchev–Trinajstić information content (AvgIpc) is 2.72. The van der Waals surface area contributed by atoms with Crippen molar-refractivity contribution in [2.75, 3.05) is 25.0 Å². The first-order valence-corrected chi connectivity index (χ1v) is 11.3. The Labute approximate surface area is 184 Å². The molecule has 32 heavy (non-hydrogen) atoms. The first-order valence-electron chi connectivity index (χ1n) is 9.81. The van der Waals surface area contributed by atoms with Crippen molar-refractivity contribution in [3.63, 3.8) is 0 Å². The van der Waals surface area contributed by atoms with Crippen LogP contribution in [0.25, 0.3) is 0 Å². The van der Waals surface area contributed by atoms with Crippen LogP contribution in [0.1, 0.15) is 24.2 Å². The van der Waals surface area contributed by atoms with Gasteiger partial charge in [0, 0.05) is 18.7 Å². The van der Waals surface area contributed by atoms with E-state index in [9.17, 15) is 26.4 Å². The number of halogens is 3. The van der Waals surface area contributed by atoms with Gasteiger partial charge in [-0.25, -0.2) is 8.42 Å². The predicted octanol–water partition coefficient (Wildman–Crippen LogP) is 3.68. The van der Waals surface area contributed by atoms with Crippen LogP contribution in [0, 0.1) is 0 Å². The molecule has 7 nitrogen and oxygen atoms in total. The summed E-state index contributed by atoms with van der Waals surface area (Å²) >= 11 is 0. The molecule has 1 fully saturated rings. The second-order valence-corrected chi connectivity index (χ2v) is 9.40. The summed E-state index contributed by atoms with van der Waals surface area (Å²) < 4.78 is 74.8. The van der Waals surface area contributed by atoms with Crippen molar-refractivity contribution in [2.24, 2.45) is 0 Å². The highest BCUT2D eigenvalue weighted by atomic mass is 32.2. The molecule has 0 saturated carbocycles. The number of benzene rings is 2. The van der Waals surface area contributed by atoms with E-state index in [1.807, 2.05) is 0 Å². The van der Waals surface area contributed by atoms with E-state index < -0.39 is 28.7 Å². The van der Waals surface area contributed by atoms with Gasteiger partial charge in [0.15, 0.2) is 6.61 Å². The maximum absolute atomic E-state index is 12.9. The standard InChI is InChI=1S/C21H23F3N2O5S/c1-14-11-26(12-15(2)31-14)32(28,29)17-9-7-16(8-10-17)20(27)25-18-5-3-4-6-19(18)30-13-21(22,23)24/h3-10,14-15H,11-13H2,1-2H3,(H,25,27). The van der Waals surface area contributed by atoms with Crippen LogP contribution in [0.3, 0.4) is 0 Å². The highest BCUT2D eigenvalue weighted by molar-refractivity contribution is 7.89. The normalized spacial score (nSPS) is 20.0. The van der Waals surface area contributed by atoms with Crippen molar-refractivity contribution in [1.29, 1.82) is 0 Å². The van der Waals surface area contributed by atoms with Crippen LogP contribution in [0.2, 0.25) is 0 Å². The van der Waals surface area contributed by atoms with Gasteiger partial charge in [-0.2, -0.15) is 17.5 Å². The fourth-order valence-electron chi connectivity index (χ4n) is 3.30. The fourth-order valence-corrected chi connectivity index (χ4v) is 4.89. The summed E-state index contributed by atoms with van der Waals surface area (Å²) in [4.78, 5) is 12.6. The number of alkyl halides is 3. The van der Waals surface area contributed by atoms with Gasteiger partial charge in [0.25, 0.3) is 5.91 Å². The maximum atomic E-state index is 12.9. The van der Waals surface area contributed by atoms with E-state index in [0.29, 0.717) is 0 Å². The van der Waals surface area contributed by atoms with E-state index >= 15 is 0 Å². The van der Waals surface area contributed by atoms with Crippen LogP contribution in [0.5, 0.6) is 5.75 Å². The quantitative estimate of drug-likeness (QED) is 0.694. The molecule has 1 saturated heterocycles. The smallest absolute Gasteiger partial charge is 0.422 e. The molecule has 2 aromatic rings. The molecule has 3 rings (SSSR count). The lowest BCUT2D eigenvalue weighted by Gasteiger charge is -2.34. The molecule has 1 amide bonds. The van der Waals surface area contributed by atoms with E-state index in [4.69, 9.17) is 9.47 Å². The first kappa shape index (κ1) is 24.0. The van der Waals surface area contributed by atoms with Crippen molar-refractivity contribution in [2.45, 2.75) is 37.1 Å². The molecule has 2 atom stereocenters. The van der Waals surface area contributed by atoms with Gasteiger partial charge in [-0.3, -0.25) is 4.79 Å². The molecule has 174 valence electrons. The Bertz CT molecular complexity index is 1050. The number of para-hydroxylation sites is 2. The fraction of sp³-hybridized carbons (Fsp3) is 0.381. The Balaban J connectivity index is 1.72. The van der Waals surface area contributed by atoms with Crippen LogP contribution >= 0.6 is 0 Å². The lowest BCUT2D eigenvalue weighted by molar-refractivity contribution is -0.153. The van der Waals surface area contributed by atoms with Gasteiger partial charge >= 0.3 is 6.18 Å². The highest BCUT2D eigenvalue weighted by Crippen LogP contribution is 2.27. The van der Waals surface area contributed by atoms with Gasteiger partial charge in [0.05, 0.1) is 22.8 Å². The number of morpholine rings is 1. The molecule has 0 radical (unpaired) electrons. The summed E-state index contributed by atoms with van der Waals surface area (Å²) in [6.45, 7) is 2.54. The van der Waals surface area contributed by atoms with Crippen molar-refractivity contribution < 1.29 is 35.9 Å². The SMILES string of the molecule is CC1CN(S(=O)(=O)c2ccc(C(=O)Nc3ccccc3OCC(F)(F)F)cc2)CC(C)O1. The Morgan fingerprint density at radius 2 is 1.69 bits per heavy atom. The average molecular weight is 472 g/mol. The molecule has 1 aliphatic rings. The third-order valence-corrected chi connectivity index (χ3v) is 6.51. The molecule has 11 heteroatoms. The molecule has 2 aromatic carbocycles. The van der Waals surface area contributed by atoms with E-state index in [1.165, 1.54) is 52.8 Å². The van der Waals surface area contributed by atoms with Gasteiger partial charge in [0.2, 0.25) is 10.0 Å². The highest BCUT2D eigenvalue weighted by Gasteiger charge is 2.32. The number of hydrogen-bond donors (Lipinski definition) is 1. The van der Waals surface area contributed by atoms with Crippen LogP contribution in [0.15, 0.2) is 53.4 Å². The lowest BCUT2D eigenvalue weighted by atomic mass is 10.2. The summed E-state index contributed by atoms with van der Waals surface area (Å²) in [6, 6.07) is 11.1. The minimum absolute atomic E-state index is 0.0317. The third-order valence-electron chi connectivity index (χ3n) is 4.67. The number of rotatable bonds is 6. The molecule has 0 bridgehead atoms. The van der Waals surface area contributed by atoms with Crippen LogP contribution in [-0.4, -0.2) is 56.7 Å². The molecular formula is C21H23F3N2O5S. The number of carbonyl (C=O) groups excluding carboxylic acids is 1. The molecule has 2 unspecified atom stereocenters. The molecule has 0 spiro atoms. The minimum atomic E-state index is -4.52. The van der Waals surface area contributed by atoms with Gasteiger partial charge in [-0.05, 0) is 50.2 Å². The summed E-state index contributed by atoms with van der Waals surface area (Å²) in [5.74, 6) is -0.751. The summed E-state index contributed by atoms with van der Waals surface area (Å²) in [5.41, 5.74) is 0.202. The van der Waals surface area contributed by atoms with Crippen molar-refractivity contribution in [3.05, 3.63) is 54.1 Å². The number of amides is 1. The van der Waals surface area contributed by atoms with Crippen molar-refractivity contribution in [1.82, 2.24) is 4.31 Å². The topological polar surface area (TPSA) is 84.9 Å². The number of nitrogens with zero attached hydrogens (tertiary/aromatic N) is 1. The van der Waals surface area contributed by atoms with E-state index in [1.54, 1.807) is 13.8 Å². The Morgan fingerprint density at radius 3 is 2.28 bits per heavy atom. The van der Waals surface area contributed by atoms with Crippen LogP contribution in [0.4, 0.5) is 18.9 Å². The third kappa shape index (κ3) is 5.99. The number of nitrogens with one attached hydrogen (secondary N) is 1. The molecular weight excluding hydrogens is 449 g/mol. The van der Waals surface area contributed by atoms with Crippen LogP contribution in [-0.2, 0) is 14.8 Å². The van der Waals surface area contributed by atoms with Crippen molar-refractivity contribution in [3.8, 4) is 5.75 Å². The number of ether oxygens (including phenoxy) is 2. The number of sulfonamides is 1. The van der Waals surface area contributed by atoms with E-state index in [0.717, 1.165) is 0 Å². The molecule has 1 heterocycles. The van der Waals surface area contributed by atoms with Gasteiger partial charge < -0.3 is 14.8 Å². The molecule has 0 aliphatic carbocycles. The minimum Gasteiger partial charge on any atom is -0.482 e. The number of hydrogen-bond acceptors (Lipinski definition) is 5. The second kappa shape index (κ2) is 9.47. The first-order chi connectivity index (χ1) is 15.0. The zero-order valence-electron chi connectivity index (χ0n) is 17.4. The predicted molar refractivity (Wildman–Crippen MR) is 111 cm³/mol. The Hall–Kier alpha value is -2.63. The zero-order valence-corrected chi connectivity index (χ0v) is 18.2. The monoisotopic (exact) mass is 472 g/mol. The summed E-state index contributed by atoms with van der Waals surface area (Å²) in [5, 5.41) is 2.49. The summed E-state index contributed by atoms with van der Waals surface area (Å²) in [6.07, 6.45) is -4.99. The van der Waals surface area contributed by atoms with Crippen molar-refractivity contribution >= 4 is 21.6 Å². The van der Waals surface area contributed by atoms with E-state index in [-0.39, 0.29) is 47.2 Å². The second-order valence-electron chi connectivity index (χ2n) is 7.46. The maximum Gasteiger partial charge on any atom is 0.422 e.